The predicted octanol–water partition coefficient (Wildman–Crippen LogP) is 2.97. The molecule has 0 saturated heterocycles. The molecule has 2 aromatic rings. The lowest BCUT2D eigenvalue weighted by Gasteiger charge is -2.14. The highest BCUT2D eigenvalue weighted by molar-refractivity contribution is 8.04. The van der Waals surface area contributed by atoms with Crippen LogP contribution in [-0.2, 0) is 10.2 Å². The molecular weight excluding hydrogens is 444 g/mol. The molecule has 1 aliphatic heterocycles. The smallest absolute Gasteiger partial charge is 0.321 e. The lowest BCUT2D eigenvalue weighted by atomic mass is 9.94. The van der Waals surface area contributed by atoms with Crippen molar-refractivity contribution in [2.75, 3.05) is 5.32 Å². The van der Waals surface area contributed by atoms with Crippen LogP contribution in [0.3, 0.4) is 0 Å². The number of urea groups is 1. The van der Waals surface area contributed by atoms with Crippen LogP contribution in [0.15, 0.2) is 46.0 Å². The van der Waals surface area contributed by atoms with Gasteiger partial charge < -0.3 is 20.4 Å². The summed E-state index contributed by atoms with van der Waals surface area (Å²) in [5, 5.41) is 8.63. The Morgan fingerprint density at radius 2 is 2.03 bits per heavy atom. The van der Waals surface area contributed by atoms with E-state index in [1.54, 1.807) is 43.6 Å². The molecule has 1 aromatic heterocycles. The summed E-state index contributed by atoms with van der Waals surface area (Å²) >= 11 is 1.43. The number of amides is 4. The molecule has 174 valence electrons. The summed E-state index contributed by atoms with van der Waals surface area (Å²) in [6, 6.07) is 4.43. The average Bonchev–Trinajstić information content (AvgIpc) is 3.40. The summed E-state index contributed by atoms with van der Waals surface area (Å²) in [6.07, 6.45) is 7.54. The van der Waals surface area contributed by atoms with Crippen LogP contribution in [0.5, 0.6) is 0 Å². The minimum absolute atomic E-state index is 0.108. The molecule has 1 atom stereocenters. The van der Waals surface area contributed by atoms with Gasteiger partial charge in [0.1, 0.15) is 5.76 Å². The molecule has 1 unspecified atom stereocenters. The third kappa shape index (κ3) is 6.62. The molecule has 0 spiro atoms. The molecule has 3 rings (SSSR count). The first-order valence-corrected chi connectivity index (χ1v) is 11.0. The first-order chi connectivity index (χ1) is 15.7. The van der Waals surface area contributed by atoms with E-state index >= 15 is 0 Å². The Morgan fingerprint density at radius 3 is 2.70 bits per heavy atom. The maximum Gasteiger partial charge on any atom is 0.321 e. The van der Waals surface area contributed by atoms with E-state index in [1.165, 1.54) is 11.8 Å². The monoisotopic (exact) mass is 470 g/mol. The standard InChI is InChI=1S/C22H26N6O4S/c1-13-9-14(5-7-16(13)19(30)28-25-12-29)26-20(31)27-21-24-10-15(33-21)6-8-18-23-11-17(32-18)22(2,3)4/h5-12,21,24H,1-4H3,(H,25,29)(H,28,30)(H2,26,27,31)/b8-6+. The summed E-state index contributed by atoms with van der Waals surface area (Å²) < 4.78 is 5.74. The Balaban J connectivity index is 1.49. The molecule has 5 N–H and O–H groups in total. The zero-order valence-electron chi connectivity index (χ0n) is 18.7. The van der Waals surface area contributed by atoms with Crippen molar-refractivity contribution in [3.05, 3.63) is 64.4 Å². The van der Waals surface area contributed by atoms with Gasteiger partial charge in [-0.05, 0) is 36.8 Å². The molecular formula is C22H26N6O4S. The van der Waals surface area contributed by atoms with E-state index < -0.39 is 11.9 Å². The Bertz CT molecular complexity index is 1100. The summed E-state index contributed by atoms with van der Waals surface area (Å²) in [5.74, 6) is 0.879. The molecule has 11 heteroatoms. The van der Waals surface area contributed by atoms with Crippen LogP contribution < -0.4 is 26.8 Å². The summed E-state index contributed by atoms with van der Waals surface area (Å²) in [7, 11) is 0. The second kappa shape index (κ2) is 10.3. The molecule has 4 amide bonds. The van der Waals surface area contributed by atoms with Crippen molar-refractivity contribution in [3.63, 3.8) is 0 Å². The maximum absolute atomic E-state index is 12.4. The van der Waals surface area contributed by atoms with Gasteiger partial charge in [0.25, 0.3) is 5.91 Å². The van der Waals surface area contributed by atoms with Crippen LogP contribution in [0.1, 0.15) is 48.3 Å². The highest BCUT2D eigenvalue weighted by Gasteiger charge is 2.20. The molecule has 1 aromatic carbocycles. The van der Waals surface area contributed by atoms with Gasteiger partial charge in [-0.1, -0.05) is 32.5 Å². The summed E-state index contributed by atoms with van der Waals surface area (Å²) in [6.45, 7) is 7.90. The van der Waals surface area contributed by atoms with Gasteiger partial charge in [-0.3, -0.25) is 20.4 Å². The van der Waals surface area contributed by atoms with Crippen molar-refractivity contribution in [1.82, 2.24) is 26.5 Å². The van der Waals surface area contributed by atoms with Gasteiger partial charge in [0.2, 0.25) is 12.3 Å². The van der Waals surface area contributed by atoms with Crippen LogP contribution >= 0.6 is 11.8 Å². The number of anilines is 1. The number of thioether (sulfide) groups is 1. The van der Waals surface area contributed by atoms with Crippen LogP contribution in [0.4, 0.5) is 10.5 Å². The van der Waals surface area contributed by atoms with Gasteiger partial charge in [0.05, 0.1) is 6.20 Å². The average molecular weight is 471 g/mol. The highest BCUT2D eigenvalue weighted by Crippen LogP contribution is 2.27. The van der Waals surface area contributed by atoms with E-state index in [9.17, 15) is 14.4 Å². The Labute approximate surface area is 195 Å². The van der Waals surface area contributed by atoms with E-state index in [1.807, 2.05) is 6.08 Å². The topological polar surface area (TPSA) is 137 Å². The highest BCUT2D eigenvalue weighted by atomic mass is 32.2. The molecule has 10 nitrogen and oxygen atoms in total. The maximum atomic E-state index is 12.4. The van der Waals surface area contributed by atoms with Crippen molar-refractivity contribution in [3.8, 4) is 0 Å². The number of rotatable bonds is 7. The molecule has 2 heterocycles. The molecule has 0 saturated carbocycles. The number of hydrazine groups is 1. The van der Waals surface area contributed by atoms with Gasteiger partial charge in [-0.15, -0.1) is 0 Å². The largest absolute Gasteiger partial charge is 0.441 e. The molecule has 0 bridgehead atoms. The first-order valence-electron chi connectivity index (χ1n) is 10.1. The fraction of sp³-hybridized carbons (Fsp3) is 0.273. The molecule has 33 heavy (non-hydrogen) atoms. The Kier molecular flexibility index (Phi) is 7.44. The Morgan fingerprint density at radius 1 is 1.24 bits per heavy atom. The fourth-order valence-electron chi connectivity index (χ4n) is 2.83. The van der Waals surface area contributed by atoms with Crippen molar-refractivity contribution in [2.45, 2.75) is 38.6 Å². The lowest BCUT2D eigenvalue weighted by molar-refractivity contribution is -0.110. The number of oxazole rings is 1. The second-order valence-corrected chi connectivity index (χ2v) is 9.38. The van der Waals surface area contributed by atoms with Gasteiger partial charge in [0, 0.05) is 33.8 Å². The number of aryl methyl sites for hydroxylation is 1. The minimum atomic E-state index is -0.451. The van der Waals surface area contributed by atoms with Gasteiger partial charge in [-0.25, -0.2) is 9.78 Å². The quantitative estimate of drug-likeness (QED) is 0.310. The van der Waals surface area contributed by atoms with Gasteiger partial charge in [-0.2, -0.15) is 0 Å². The zero-order valence-corrected chi connectivity index (χ0v) is 19.5. The second-order valence-electron chi connectivity index (χ2n) is 8.20. The van der Waals surface area contributed by atoms with Crippen molar-refractivity contribution >= 4 is 41.9 Å². The number of carbonyl (C=O) groups excluding carboxylic acids is 3. The summed E-state index contributed by atoms with van der Waals surface area (Å²) in [5.41, 5.74) is 5.44. The Hall–Kier alpha value is -3.73. The third-order valence-corrected chi connectivity index (χ3v) is 5.54. The fourth-order valence-corrected chi connectivity index (χ4v) is 3.69. The third-order valence-electron chi connectivity index (χ3n) is 4.52. The SMILES string of the molecule is Cc1cc(NC(=O)NC2NC=C(/C=C/c3ncc(C(C)(C)C)o3)S2)ccc1C(=O)NNC=O. The van der Waals surface area contributed by atoms with Crippen molar-refractivity contribution in [2.24, 2.45) is 0 Å². The molecule has 0 aliphatic carbocycles. The number of aromatic nitrogens is 1. The van der Waals surface area contributed by atoms with Gasteiger partial charge in [0.15, 0.2) is 5.50 Å². The van der Waals surface area contributed by atoms with Crippen LogP contribution in [-0.4, -0.2) is 28.8 Å². The first kappa shape index (κ1) is 23.9. The number of nitrogens with one attached hydrogen (secondary N) is 5. The van der Waals surface area contributed by atoms with Crippen LogP contribution in [0.25, 0.3) is 6.08 Å². The number of hydrogen-bond donors (Lipinski definition) is 5. The number of benzene rings is 1. The normalized spacial score (nSPS) is 15.5. The number of carbonyl (C=O) groups is 3. The van der Waals surface area contributed by atoms with Crippen LogP contribution in [0, 0.1) is 6.92 Å². The number of allylic oxidation sites excluding steroid dienone is 1. The summed E-state index contributed by atoms with van der Waals surface area (Å²) in [4.78, 5) is 39.8. The number of nitrogens with zero attached hydrogens (tertiary/aromatic N) is 1. The minimum Gasteiger partial charge on any atom is -0.441 e. The van der Waals surface area contributed by atoms with E-state index in [-0.39, 0.29) is 10.9 Å². The van der Waals surface area contributed by atoms with E-state index in [0.717, 1.165) is 10.7 Å². The van der Waals surface area contributed by atoms with Crippen molar-refractivity contribution in [1.29, 1.82) is 0 Å². The lowest BCUT2D eigenvalue weighted by Crippen LogP contribution is -2.41. The van der Waals surface area contributed by atoms with Gasteiger partial charge >= 0.3 is 6.03 Å². The zero-order chi connectivity index (χ0) is 24.0. The van der Waals surface area contributed by atoms with E-state index in [2.05, 4.69) is 52.6 Å². The molecule has 1 aliphatic rings. The van der Waals surface area contributed by atoms with Crippen molar-refractivity contribution < 1.29 is 18.8 Å². The molecule has 0 fully saturated rings. The molecule has 0 radical (unpaired) electrons. The number of hydrogen-bond acceptors (Lipinski definition) is 7. The van der Waals surface area contributed by atoms with E-state index in [0.29, 0.717) is 29.1 Å². The van der Waals surface area contributed by atoms with Crippen LogP contribution in [0.2, 0.25) is 0 Å². The van der Waals surface area contributed by atoms with E-state index in [4.69, 9.17) is 4.42 Å². The predicted molar refractivity (Wildman–Crippen MR) is 127 cm³/mol.